The van der Waals surface area contributed by atoms with Crippen LogP contribution in [0.2, 0.25) is 0 Å². The molecule has 3 heteroatoms. The molecular formula is C6H12I2O. The summed E-state index contributed by atoms with van der Waals surface area (Å²) >= 11 is 4.77. The second kappa shape index (κ2) is 7.53. The van der Waals surface area contributed by atoms with Crippen molar-refractivity contribution in [3.63, 3.8) is 0 Å². The molecule has 0 radical (unpaired) electrons. The standard InChI is InChI=1S/C6H12I2O/c1-9-6(2-4-7)3-5-8/h6H,2-5H2,1H3. The molecule has 0 rings (SSSR count). The smallest absolute Gasteiger partial charge is 0.0586 e. The summed E-state index contributed by atoms with van der Waals surface area (Å²) in [6, 6.07) is 0. The molecule has 0 heterocycles. The lowest BCUT2D eigenvalue weighted by Gasteiger charge is -2.10. The summed E-state index contributed by atoms with van der Waals surface area (Å²) in [6.07, 6.45) is 2.89. The Morgan fingerprint density at radius 1 is 1.22 bits per heavy atom. The third kappa shape index (κ3) is 5.84. The normalized spacial score (nSPS) is 10.7. The van der Waals surface area contributed by atoms with Crippen molar-refractivity contribution in [2.24, 2.45) is 0 Å². The van der Waals surface area contributed by atoms with Crippen LogP contribution in [0.15, 0.2) is 0 Å². The number of hydrogen-bond donors (Lipinski definition) is 0. The van der Waals surface area contributed by atoms with Crippen molar-refractivity contribution in [3.8, 4) is 0 Å². The first kappa shape index (κ1) is 10.4. The van der Waals surface area contributed by atoms with Crippen LogP contribution in [0.5, 0.6) is 0 Å². The van der Waals surface area contributed by atoms with Gasteiger partial charge in [0.2, 0.25) is 0 Å². The van der Waals surface area contributed by atoms with Crippen LogP contribution >= 0.6 is 45.2 Å². The zero-order valence-corrected chi connectivity index (χ0v) is 9.88. The molecule has 56 valence electrons. The van der Waals surface area contributed by atoms with Crippen molar-refractivity contribution in [2.75, 3.05) is 16.0 Å². The molecule has 0 N–H and O–H groups in total. The summed E-state index contributed by atoms with van der Waals surface area (Å²) in [7, 11) is 1.79. The predicted octanol–water partition coefficient (Wildman–Crippen LogP) is 2.65. The Balaban J connectivity index is 3.18. The summed E-state index contributed by atoms with van der Waals surface area (Å²) in [5, 5.41) is 0. The molecule has 0 aromatic heterocycles. The number of hydrogen-bond acceptors (Lipinski definition) is 1. The van der Waals surface area contributed by atoms with Gasteiger partial charge in [0, 0.05) is 16.0 Å². The van der Waals surface area contributed by atoms with E-state index in [1.807, 2.05) is 0 Å². The van der Waals surface area contributed by atoms with Crippen LogP contribution in [-0.2, 0) is 4.74 Å². The Morgan fingerprint density at radius 3 is 1.89 bits per heavy atom. The van der Waals surface area contributed by atoms with Crippen LogP contribution in [-0.4, -0.2) is 22.1 Å². The van der Waals surface area contributed by atoms with Crippen molar-refractivity contribution < 1.29 is 4.74 Å². The molecule has 0 aromatic rings. The van der Waals surface area contributed by atoms with Gasteiger partial charge >= 0.3 is 0 Å². The summed E-state index contributed by atoms with van der Waals surface area (Å²) in [4.78, 5) is 0. The van der Waals surface area contributed by atoms with Crippen molar-refractivity contribution in [3.05, 3.63) is 0 Å². The Labute approximate surface area is 84.2 Å². The molecule has 0 aliphatic carbocycles. The molecule has 0 saturated heterocycles. The maximum absolute atomic E-state index is 5.22. The van der Waals surface area contributed by atoms with Gasteiger partial charge in [-0.3, -0.25) is 0 Å². The van der Waals surface area contributed by atoms with E-state index in [0.29, 0.717) is 6.10 Å². The average Bonchev–Trinajstić information content (AvgIpc) is 1.88. The summed E-state index contributed by atoms with van der Waals surface area (Å²) in [5.74, 6) is 0. The molecular weight excluding hydrogens is 342 g/mol. The molecule has 0 aliphatic rings. The second-order valence-corrected chi connectivity index (χ2v) is 3.97. The van der Waals surface area contributed by atoms with Gasteiger partial charge in [0.15, 0.2) is 0 Å². The minimum absolute atomic E-state index is 0.499. The van der Waals surface area contributed by atoms with Gasteiger partial charge in [0.25, 0.3) is 0 Å². The lowest BCUT2D eigenvalue weighted by Crippen LogP contribution is -2.11. The highest BCUT2D eigenvalue weighted by Gasteiger charge is 2.03. The maximum atomic E-state index is 5.22. The number of halogens is 2. The highest BCUT2D eigenvalue weighted by atomic mass is 127. The first-order valence-electron chi connectivity index (χ1n) is 2.99. The SMILES string of the molecule is COC(CCI)CCI. The van der Waals surface area contributed by atoms with Crippen molar-refractivity contribution >= 4 is 45.2 Å². The van der Waals surface area contributed by atoms with Crippen LogP contribution < -0.4 is 0 Å². The van der Waals surface area contributed by atoms with Crippen molar-refractivity contribution in [1.82, 2.24) is 0 Å². The predicted molar refractivity (Wildman–Crippen MR) is 57.8 cm³/mol. The zero-order chi connectivity index (χ0) is 7.11. The third-order valence-electron chi connectivity index (χ3n) is 1.20. The highest BCUT2D eigenvalue weighted by Crippen LogP contribution is 2.06. The van der Waals surface area contributed by atoms with Gasteiger partial charge in [-0.1, -0.05) is 45.2 Å². The first-order valence-corrected chi connectivity index (χ1v) is 6.05. The first-order chi connectivity index (χ1) is 4.35. The minimum Gasteiger partial charge on any atom is -0.381 e. The summed E-state index contributed by atoms with van der Waals surface area (Å²) in [5.41, 5.74) is 0. The van der Waals surface area contributed by atoms with Crippen molar-refractivity contribution in [1.29, 1.82) is 0 Å². The van der Waals surface area contributed by atoms with Gasteiger partial charge in [0.1, 0.15) is 0 Å². The largest absolute Gasteiger partial charge is 0.381 e. The molecule has 0 aliphatic heterocycles. The fourth-order valence-corrected chi connectivity index (χ4v) is 2.01. The number of ether oxygens (including phenoxy) is 1. The number of rotatable bonds is 5. The summed E-state index contributed by atoms with van der Waals surface area (Å²) in [6.45, 7) is 0. The van der Waals surface area contributed by atoms with E-state index in [1.165, 1.54) is 21.7 Å². The van der Waals surface area contributed by atoms with E-state index in [1.54, 1.807) is 7.11 Å². The molecule has 0 unspecified atom stereocenters. The lowest BCUT2D eigenvalue weighted by molar-refractivity contribution is 0.0995. The monoisotopic (exact) mass is 354 g/mol. The Kier molecular flexibility index (Phi) is 8.71. The van der Waals surface area contributed by atoms with Gasteiger partial charge in [-0.05, 0) is 12.8 Å². The van der Waals surface area contributed by atoms with Gasteiger partial charge in [-0.25, -0.2) is 0 Å². The second-order valence-electron chi connectivity index (χ2n) is 1.81. The third-order valence-corrected chi connectivity index (χ3v) is 2.44. The van der Waals surface area contributed by atoms with E-state index in [4.69, 9.17) is 4.74 Å². The number of methoxy groups -OCH3 is 1. The van der Waals surface area contributed by atoms with E-state index >= 15 is 0 Å². The van der Waals surface area contributed by atoms with Gasteiger partial charge < -0.3 is 4.74 Å². The molecule has 0 saturated carbocycles. The van der Waals surface area contributed by atoms with Crippen LogP contribution in [0, 0.1) is 0 Å². The van der Waals surface area contributed by atoms with Gasteiger partial charge in [0.05, 0.1) is 6.10 Å². The quantitative estimate of drug-likeness (QED) is 0.545. The van der Waals surface area contributed by atoms with E-state index in [2.05, 4.69) is 45.2 Å². The molecule has 1 nitrogen and oxygen atoms in total. The van der Waals surface area contributed by atoms with Crippen molar-refractivity contribution in [2.45, 2.75) is 18.9 Å². The maximum Gasteiger partial charge on any atom is 0.0586 e. The number of alkyl halides is 2. The summed E-state index contributed by atoms with van der Waals surface area (Å²) < 4.78 is 7.62. The molecule has 0 amide bonds. The lowest BCUT2D eigenvalue weighted by atomic mass is 10.2. The molecule has 0 fully saturated rings. The van der Waals surface area contributed by atoms with E-state index in [0.717, 1.165) is 0 Å². The molecule has 0 spiro atoms. The molecule has 0 aromatic carbocycles. The van der Waals surface area contributed by atoms with E-state index < -0.39 is 0 Å². The highest BCUT2D eigenvalue weighted by molar-refractivity contribution is 14.1. The molecule has 9 heavy (non-hydrogen) atoms. The average molecular weight is 354 g/mol. The Bertz CT molecular complexity index is 53.0. The van der Waals surface area contributed by atoms with Crippen LogP contribution in [0.1, 0.15) is 12.8 Å². The van der Waals surface area contributed by atoms with E-state index in [9.17, 15) is 0 Å². The fraction of sp³-hybridized carbons (Fsp3) is 1.00. The molecule has 0 bridgehead atoms. The fourth-order valence-electron chi connectivity index (χ4n) is 0.623. The van der Waals surface area contributed by atoms with Gasteiger partial charge in [-0.2, -0.15) is 0 Å². The Morgan fingerprint density at radius 2 is 1.67 bits per heavy atom. The van der Waals surface area contributed by atoms with Crippen LogP contribution in [0.25, 0.3) is 0 Å². The zero-order valence-electron chi connectivity index (χ0n) is 5.57. The van der Waals surface area contributed by atoms with E-state index in [-0.39, 0.29) is 0 Å². The molecule has 0 atom stereocenters. The minimum atomic E-state index is 0.499. The van der Waals surface area contributed by atoms with Crippen LogP contribution in [0.3, 0.4) is 0 Å². The topological polar surface area (TPSA) is 9.23 Å². The Hall–Kier alpha value is 1.42. The van der Waals surface area contributed by atoms with Gasteiger partial charge in [-0.15, -0.1) is 0 Å². The van der Waals surface area contributed by atoms with Crippen LogP contribution in [0.4, 0.5) is 0 Å².